The number of likely N-dealkylation sites (tertiary alicyclic amines) is 2. The molecule has 1 aromatic heterocycles. The maximum absolute atomic E-state index is 14.4. The highest BCUT2D eigenvalue weighted by Crippen LogP contribution is 2.41. The van der Waals surface area contributed by atoms with Gasteiger partial charge >= 0.3 is 15.5 Å². The summed E-state index contributed by atoms with van der Waals surface area (Å²) >= 11 is 19.0. The SMILES string of the molecule is Cl.NC(=O)C1(N2CCCCC2)CCN(C(=O)c2cc(-c3ccc(Cl)cc3Cl)c(-c3ccc(Cl)cc3)n2CCCNS(=O)(=O)C(F)(F)F)CC1. The maximum Gasteiger partial charge on any atom is 0.511 e. The van der Waals surface area contributed by atoms with Crippen molar-refractivity contribution in [1.29, 1.82) is 0 Å². The van der Waals surface area contributed by atoms with Crippen LogP contribution in [-0.2, 0) is 21.4 Å². The largest absolute Gasteiger partial charge is 0.511 e. The van der Waals surface area contributed by atoms with Gasteiger partial charge in [-0.2, -0.15) is 13.2 Å². The standard InChI is InChI=1S/C32H35Cl3F3N5O4S.ClH/c33-22-7-5-21(6-8-22)28-25(24-10-9-23(34)19-26(24)35)20-27(43(28)16-4-13-40-48(46,47)32(36,37)38)29(44)41-17-11-31(12-18-41,30(39)45)42-14-2-1-3-15-42;/h5-10,19-20,40H,1-4,11-18H2,(H2,39,45);1H. The second-order valence-electron chi connectivity index (χ2n) is 12.0. The molecule has 17 heteroatoms. The summed E-state index contributed by atoms with van der Waals surface area (Å²) in [5, 5.41) is 1.16. The summed E-state index contributed by atoms with van der Waals surface area (Å²) in [6.07, 6.45) is 3.64. The molecule has 0 saturated carbocycles. The minimum absolute atomic E-state index is 0. The summed E-state index contributed by atoms with van der Waals surface area (Å²) in [5.74, 6) is -0.778. The molecule has 3 heterocycles. The van der Waals surface area contributed by atoms with Crippen LogP contribution in [0.5, 0.6) is 0 Å². The fourth-order valence-electron chi connectivity index (χ4n) is 6.60. The van der Waals surface area contributed by atoms with Crippen molar-refractivity contribution in [2.45, 2.75) is 56.1 Å². The first kappa shape index (κ1) is 39.3. The number of halogens is 7. The molecule has 2 fully saturated rings. The van der Waals surface area contributed by atoms with Crippen molar-refractivity contribution in [3.05, 3.63) is 69.3 Å². The molecule has 0 bridgehead atoms. The Labute approximate surface area is 304 Å². The molecule has 5 rings (SSSR count). The van der Waals surface area contributed by atoms with E-state index in [0.29, 0.717) is 50.3 Å². The van der Waals surface area contributed by atoms with Crippen molar-refractivity contribution in [1.82, 2.24) is 19.1 Å². The first-order valence-electron chi connectivity index (χ1n) is 15.5. The van der Waals surface area contributed by atoms with Gasteiger partial charge in [-0.3, -0.25) is 14.5 Å². The number of nitrogens with one attached hydrogen (secondary N) is 1. The Hall–Kier alpha value is -2.52. The Morgan fingerprint density at radius 3 is 2.06 bits per heavy atom. The van der Waals surface area contributed by atoms with Crippen LogP contribution in [0, 0.1) is 0 Å². The van der Waals surface area contributed by atoms with E-state index in [1.165, 1.54) is 0 Å². The molecule has 0 unspecified atom stereocenters. The van der Waals surface area contributed by atoms with E-state index < -0.39 is 33.5 Å². The van der Waals surface area contributed by atoms with Crippen molar-refractivity contribution in [3.63, 3.8) is 0 Å². The van der Waals surface area contributed by atoms with Crippen molar-refractivity contribution in [3.8, 4) is 22.4 Å². The van der Waals surface area contributed by atoms with E-state index in [1.54, 1.807) is 62.7 Å². The van der Waals surface area contributed by atoms with Crippen LogP contribution in [0.15, 0.2) is 48.5 Å². The van der Waals surface area contributed by atoms with Gasteiger partial charge in [0.25, 0.3) is 5.91 Å². The fourth-order valence-corrected chi connectivity index (χ4v) is 7.81. The van der Waals surface area contributed by atoms with Crippen LogP contribution >= 0.6 is 47.2 Å². The van der Waals surface area contributed by atoms with Gasteiger partial charge in [-0.25, -0.2) is 13.1 Å². The lowest BCUT2D eigenvalue weighted by molar-refractivity contribution is -0.134. The van der Waals surface area contributed by atoms with Crippen LogP contribution in [0.25, 0.3) is 22.4 Å². The van der Waals surface area contributed by atoms with Crippen LogP contribution in [0.2, 0.25) is 15.1 Å². The smallest absolute Gasteiger partial charge is 0.368 e. The monoisotopic (exact) mass is 783 g/mol. The maximum atomic E-state index is 14.4. The number of primary amides is 1. The highest BCUT2D eigenvalue weighted by Gasteiger charge is 2.47. The second kappa shape index (κ2) is 15.8. The number of nitrogens with two attached hydrogens (primary N) is 1. The van der Waals surface area contributed by atoms with Crippen molar-refractivity contribution in [2.75, 3.05) is 32.7 Å². The van der Waals surface area contributed by atoms with Gasteiger partial charge < -0.3 is 15.2 Å². The summed E-state index contributed by atoms with van der Waals surface area (Å²) in [5.41, 5.74) is 2.11. The molecule has 2 saturated heterocycles. The molecule has 3 aromatic rings. The van der Waals surface area contributed by atoms with E-state index in [9.17, 15) is 31.2 Å². The molecule has 49 heavy (non-hydrogen) atoms. The van der Waals surface area contributed by atoms with Gasteiger partial charge in [-0.05, 0) is 81.1 Å². The summed E-state index contributed by atoms with van der Waals surface area (Å²) in [6, 6.07) is 13.4. The molecule has 9 nitrogen and oxygen atoms in total. The van der Waals surface area contributed by atoms with Gasteiger partial charge in [-0.15, -0.1) is 12.4 Å². The molecule has 0 radical (unpaired) electrons. The van der Waals surface area contributed by atoms with Crippen LogP contribution in [-0.4, -0.2) is 78.4 Å². The summed E-state index contributed by atoms with van der Waals surface area (Å²) < 4.78 is 65.5. The Kier molecular flexibility index (Phi) is 12.7. The molecular weight excluding hydrogens is 749 g/mol. The van der Waals surface area contributed by atoms with Crippen LogP contribution in [0.4, 0.5) is 13.2 Å². The summed E-state index contributed by atoms with van der Waals surface area (Å²) in [4.78, 5) is 31.0. The van der Waals surface area contributed by atoms with Crippen molar-refractivity contribution < 1.29 is 31.2 Å². The van der Waals surface area contributed by atoms with Crippen LogP contribution in [0.3, 0.4) is 0 Å². The Bertz CT molecular complexity index is 1770. The minimum Gasteiger partial charge on any atom is -0.368 e. The number of hydrogen-bond donors (Lipinski definition) is 2. The third-order valence-corrected chi connectivity index (χ3v) is 11.1. The number of piperidine rings is 2. The zero-order chi connectivity index (χ0) is 34.9. The van der Waals surface area contributed by atoms with E-state index in [4.69, 9.17) is 40.5 Å². The van der Waals surface area contributed by atoms with Gasteiger partial charge in [-0.1, -0.05) is 59.4 Å². The van der Waals surface area contributed by atoms with Gasteiger partial charge in [0.15, 0.2) is 0 Å². The quantitative estimate of drug-likeness (QED) is 0.215. The predicted molar refractivity (Wildman–Crippen MR) is 188 cm³/mol. The van der Waals surface area contributed by atoms with Gasteiger partial charge in [0.05, 0.1) is 5.69 Å². The van der Waals surface area contributed by atoms with E-state index in [-0.39, 0.29) is 50.1 Å². The summed E-state index contributed by atoms with van der Waals surface area (Å²) in [7, 11) is -5.56. The number of sulfonamides is 1. The van der Waals surface area contributed by atoms with E-state index in [2.05, 4.69) is 4.90 Å². The molecule has 2 aliphatic heterocycles. The topological polar surface area (TPSA) is 118 Å². The van der Waals surface area contributed by atoms with Crippen LogP contribution in [0.1, 0.15) is 49.0 Å². The van der Waals surface area contributed by atoms with Gasteiger partial charge in [0.2, 0.25) is 5.91 Å². The fraction of sp³-hybridized carbons (Fsp3) is 0.438. The Morgan fingerprint density at radius 2 is 1.49 bits per heavy atom. The second-order valence-corrected chi connectivity index (χ2v) is 15.0. The molecular formula is C32H36Cl4F3N5O4S. The third kappa shape index (κ3) is 8.35. The molecule has 2 aromatic carbocycles. The molecule has 3 N–H and O–H groups in total. The number of rotatable bonds is 10. The van der Waals surface area contributed by atoms with Gasteiger partial charge in [0, 0.05) is 52.4 Å². The Morgan fingerprint density at radius 1 is 0.878 bits per heavy atom. The summed E-state index contributed by atoms with van der Waals surface area (Å²) in [6.45, 7) is 1.45. The Balaban J connectivity index is 0.00000541. The number of aromatic nitrogens is 1. The zero-order valence-electron chi connectivity index (χ0n) is 26.2. The number of alkyl halides is 3. The zero-order valence-corrected chi connectivity index (χ0v) is 30.1. The van der Waals surface area contributed by atoms with E-state index >= 15 is 0 Å². The molecule has 2 amide bonds. The van der Waals surface area contributed by atoms with E-state index in [1.807, 2.05) is 0 Å². The lowest BCUT2D eigenvalue weighted by atomic mass is 9.83. The molecule has 268 valence electrons. The average Bonchev–Trinajstić information content (AvgIpc) is 3.41. The van der Waals surface area contributed by atoms with Crippen molar-refractivity contribution >= 4 is 69.0 Å². The first-order chi connectivity index (χ1) is 22.6. The molecule has 0 atom stereocenters. The number of carbonyl (C=O) groups excluding carboxylic acids is 2. The number of hydrogen-bond acceptors (Lipinski definition) is 5. The normalized spacial score (nSPS) is 17.1. The number of carbonyl (C=O) groups is 2. The first-order valence-corrected chi connectivity index (χ1v) is 18.1. The molecule has 2 aliphatic rings. The predicted octanol–water partition coefficient (Wildman–Crippen LogP) is 6.98. The van der Waals surface area contributed by atoms with Crippen molar-refractivity contribution in [2.24, 2.45) is 5.73 Å². The molecule has 0 aliphatic carbocycles. The lowest BCUT2D eigenvalue weighted by Gasteiger charge is -2.48. The number of benzene rings is 2. The highest BCUT2D eigenvalue weighted by molar-refractivity contribution is 7.90. The minimum atomic E-state index is -5.56. The third-order valence-electron chi connectivity index (χ3n) is 9.11. The van der Waals surface area contributed by atoms with Gasteiger partial charge in [0.1, 0.15) is 11.2 Å². The van der Waals surface area contributed by atoms with E-state index in [0.717, 1.165) is 32.4 Å². The highest BCUT2D eigenvalue weighted by atomic mass is 35.5. The number of nitrogens with zero attached hydrogens (tertiary/aromatic N) is 3. The molecule has 0 spiro atoms. The van der Waals surface area contributed by atoms with Crippen LogP contribution < -0.4 is 10.5 Å². The number of amides is 2. The average molecular weight is 786 g/mol. The lowest BCUT2D eigenvalue weighted by Crippen LogP contribution is -2.63.